The molecule has 0 aliphatic rings. The average Bonchev–Trinajstić information content (AvgIpc) is 3.61. The first-order valence-corrected chi connectivity index (χ1v) is 15.4. The zero-order valence-electron chi connectivity index (χ0n) is 23.3. The first-order chi connectivity index (χ1) is 21.3. The molecule has 2 heterocycles. The Kier molecular flexibility index (Phi) is 5.40. The Morgan fingerprint density at radius 3 is 1.86 bits per heavy atom. The van der Waals surface area contributed by atoms with Crippen LogP contribution in [0, 0.1) is 0 Å². The first-order valence-electron chi connectivity index (χ1n) is 14.6. The molecule has 0 unspecified atom stereocenters. The summed E-state index contributed by atoms with van der Waals surface area (Å²) in [6.07, 6.45) is 0. The quantitative estimate of drug-likeness (QED) is 0.206. The molecule has 0 aliphatic carbocycles. The Hall–Kier alpha value is -5.38. The molecular formula is C40H26N2S. The highest BCUT2D eigenvalue weighted by Crippen LogP contribution is 2.47. The average molecular weight is 567 g/mol. The molecule has 9 aromatic rings. The van der Waals surface area contributed by atoms with Gasteiger partial charge >= 0.3 is 0 Å². The number of fused-ring (bicyclic) bond motifs is 8. The van der Waals surface area contributed by atoms with Gasteiger partial charge in [-0.2, -0.15) is 0 Å². The molecule has 0 amide bonds. The van der Waals surface area contributed by atoms with Crippen molar-refractivity contribution in [3.63, 3.8) is 0 Å². The van der Waals surface area contributed by atoms with Crippen molar-refractivity contribution in [2.45, 2.75) is 0 Å². The van der Waals surface area contributed by atoms with E-state index in [1.807, 2.05) is 11.3 Å². The van der Waals surface area contributed by atoms with Crippen LogP contribution in [0.3, 0.4) is 0 Å². The van der Waals surface area contributed by atoms with Crippen LogP contribution in [0.2, 0.25) is 0 Å². The molecule has 2 nitrogen and oxygen atoms in total. The molecule has 2 aromatic heterocycles. The summed E-state index contributed by atoms with van der Waals surface area (Å²) in [4.78, 5) is 2.43. The highest BCUT2D eigenvalue weighted by Gasteiger charge is 2.21. The second kappa shape index (κ2) is 9.59. The number of benzene rings is 7. The summed E-state index contributed by atoms with van der Waals surface area (Å²) in [5, 5.41) is 7.70. The Morgan fingerprint density at radius 1 is 0.419 bits per heavy atom. The van der Waals surface area contributed by atoms with Crippen LogP contribution in [0.5, 0.6) is 0 Å². The van der Waals surface area contributed by atoms with Crippen LogP contribution in [0.4, 0.5) is 17.1 Å². The van der Waals surface area contributed by atoms with Gasteiger partial charge in [-0.15, -0.1) is 11.3 Å². The maximum absolute atomic E-state index is 2.43. The predicted molar refractivity (Wildman–Crippen MR) is 186 cm³/mol. The van der Waals surface area contributed by atoms with Crippen LogP contribution >= 0.6 is 11.3 Å². The molecule has 3 heteroatoms. The molecule has 0 spiro atoms. The zero-order chi connectivity index (χ0) is 28.3. The van der Waals surface area contributed by atoms with Gasteiger partial charge in [-0.3, -0.25) is 0 Å². The topological polar surface area (TPSA) is 8.17 Å². The number of aromatic nitrogens is 1. The third-order valence-corrected chi connectivity index (χ3v) is 9.67. The number of hydrogen-bond donors (Lipinski definition) is 0. The third-order valence-electron chi connectivity index (χ3n) is 8.55. The van der Waals surface area contributed by atoms with Crippen molar-refractivity contribution in [1.29, 1.82) is 0 Å². The Labute approximate surface area is 253 Å². The smallest absolute Gasteiger partial charge is 0.0561 e. The van der Waals surface area contributed by atoms with Gasteiger partial charge in [0.15, 0.2) is 0 Å². The van der Waals surface area contributed by atoms with Gasteiger partial charge in [0.25, 0.3) is 0 Å². The number of thiophene rings is 1. The van der Waals surface area contributed by atoms with Crippen molar-refractivity contribution in [3.8, 4) is 5.69 Å². The van der Waals surface area contributed by atoms with Gasteiger partial charge in [-0.25, -0.2) is 0 Å². The summed E-state index contributed by atoms with van der Waals surface area (Å²) in [5.74, 6) is 0. The lowest BCUT2D eigenvalue weighted by Gasteiger charge is -2.27. The molecule has 0 N–H and O–H groups in total. The van der Waals surface area contributed by atoms with Crippen molar-refractivity contribution in [2.24, 2.45) is 0 Å². The molecule has 0 saturated carbocycles. The van der Waals surface area contributed by atoms with E-state index in [9.17, 15) is 0 Å². The highest BCUT2D eigenvalue weighted by atomic mass is 32.1. The molecule has 0 bridgehead atoms. The first kappa shape index (κ1) is 24.2. The number of nitrogens with zero attached hydrogens (tertiary/aromatic N) is 2. The van der Waals surface area contributed by atoms with E-state index in [0.717, 1.165) is 17.1 Å². The van der Waals surface area contributed by atoms with Gasteiger partial charge < -0.3 is 9.47 Å². The standard InChI is InChI=1S/C40H26N2S/c1-3-13-27(14-4-1)41(37-26-39-40(33-19-8-7-18-31(33)37)34-20-10-12-22-38(34)43-39)29-23-24-32-30-17-9-11-21-35(30)42(36(32)25-29)28-15-5-2-6-16-28/h1-26H. The second-order valence-electron chi connectivity index (χ2n) is 11.0. The fourth-order valence-corrected chi connectivity index (χ4v) is 7.87. The minimum absolute atomic E-state index is 1.13. The second-order valence-corrected chi connectivity index (χ2v) is 12.1. The fraction of sp³-hybridized carbons (Fsp3) is 0. The van der Waals surface area contributed by atoms with Gasteiger partial charge in [-0.1, -0.05) is 103 Å². The van der Waals surface area contributed by atoms with Gasteiger partial charge in [0.2, 0.25) is 0 Å². The SMILES string of the molecule is c1ccc(N(c2ccc3c4ccccc4n(-c4ccccc4)c3c2)c2cc3sc4ccccc4c3c3ccccc23)cc1. The minimum atomic E-state index is 1.13. The lowest BCUT2D eigenvalue weighted by Crippen LogP contribution is -2.10. The summed E-state index contributed by atoms with van der Waals surface area (Å²) in [7, 11) is 0. The summed E-state index contributed by atoms with van der Waals surface area (Å²) in [6, 6.07) is 57.1. The van der Waals surface area contributed by atoms with E-state index in [4.69, 9.17) is 0 Å². The van der Waals surface area contributed by atoms with E-state index < -0.39 is 0 Å². The van der Waals surface area contributed by atoms with Crippen molar-refractivity contribution < 1.29 is 0 Å². The maximum Gasteiger partial charge on any atom is 0.0561 e. The summed E-state index contributed by atoms with van der Waals surface area (Å²) >= 11 is 1.87. The lowest BCUT2D eigenvalue weighted by molar-refractivity contribution is 1.18. The van der Waals surface area contributed by atoms with E-state index in [0.29, 0.717) is 0 Å². The lowest BCUT2D eigenvalue weighted by atomic mass is 10.0. The molecule has 0 atom stereocenters. The molecule has 0 saturated heterocycles. The zero-order valence-corrected chi connectivity index (χ0v) is 24.1. The minimum Gasteiger partial charge on any atom is -0.310 e. The maximum atomic E-state index is 2.43. The van der Waals surface area contributed by atoms with Crippen LogP contribution in [0.25, 0.3) is 58.4 Å². The fourth-order valence-electron chi connectivity index (χ4n) is 6.71. The molecule has 0 aliphatic heterocycles. The van der Waals surface area contributed by atoms with Crippen LogP contribution in [0.1, 0.15) is 0 Å². The molecule has 7 aromatic carbocycles. The Balaban J connectivity index is 1.37. The molecular weight excluding hydrogens is 541 g/mol. The van der Waals surface area contributed by atoms with E-state index in [-0.39, 0.29) is 0 Å². The normalized spacial score (nSPS) is 11.7. The van der Waals surface area contributed by atoms with Crippen molar-refractivity contribution in [2.75, 3.05) is 4.90 Å². The summed E-state index contributed by atoms with van der Waals surface area (Å²) < 4.78 is 5.01. The number of anilines is 3. The van der Waals surface area contributed by atoms with Crippen LogP contribution < -0.4 is 4.90 Å². The van der Waals surface area contributed by atoms with Crippen LogP contribution in [-0.4, -0.2) is 4.57 Å². The molecule has 0 radical (unpaired) electrons. The van der Waals surface area contributed by atoms with Crippen LogP contribution in [0.15, 0.2) is 158 Å². The number of hydrogen-bond acceptors (Lipinski definition) is 2. The molecule has 202 valence electrons. The van der Waals surface area contributed by atoms with E-state index in [2.05, 4.69) is 167 Å². The van der Waals surface area contributed by atoms with E-state index >= 15 is 0 Å². The highest BCUT2D eigenvalue weighted by molar-refractivity contribution is 7.26. The van der Waals surface area contributed by atoms with E-state index in [1.165, 1.54) is 58.4 Å². The van der Waals surface area contributed by atoms with Gasteiger partial charge in [-0.05, 0) is 60.0 Å². The monoisotopic (exact) mass is 566 g/mol. The van der Waals surface area contributed by atoms with Gasteiger partial charge in [0.05, 0.1) is 16.7 Å². The van der Waals surface area contributed by atoms with Crippen molar-refractivity contribution in [3.05, 3.63) is 158 Å². The largest absolute Gasteiger partial charge is 0.310 e. The molecule has 43 heavy (non-hydrogen) atoms. The molecule has 9 rings (SSSR count). The number of para-hydroxylation sites is 3. The van der Waals surface area contributed by atoms with Crippen molar-refractivity contribution in [1.82, 2.24) is 4.57 Å². The van der Waals surface area contributed by atoms with Crippen LogP contribution in [-0.2, 0) is 0 Å². The summed E-state index contributed by atoms with van der Waals surface area (Å²) in [5.41, 5.74) is 7.01. The number of rotatable bonds is 4. The predicted octanol–water partition coefficient (Wildman–Crippen LogP) is 11.8. The Bertz CT molecular complexity index is 2450. The third kappa shape index (κ3) is 3.72. The summed E-state index contributed by atoms with van der Waals surface area (Å²) in [6.45, 7) is 0. The van der Waals surface area contributed by atoms with Gasteiger partial charge in [0.1, 0.15) is 0 Å². The Morgan fingerprint density at radius 2 is 1.05 bits per heavy atom. The van der Waals surface area contributed by atoms with Crippen molar-refractivity contribution >= 4 is 81.1 Å². The molecule has 0 fully saturated rings. The van der Waals surface area contributed by atoms with E-state index in [1.54, 1.807) is 0 Å². The van der Waals surface area contributed by atoms with Gasteiger partial charge in [0, 0.05) is 53.4 Å².